The van der Waals surface area contributed by atoms with Crippen LogP contribution in [0.4, 0.5) is 0 Å². The van der Waals surface area contributed by atoms with E-state index < -0.39 is 8.07 Å². The van der Waals surface area contributed by atoms with Crippen LogP contribution in [-0.2, 0) is 0 Å². The van der Waals surface area contributed by atoms with Gasteiger partial charge in [0.05, 0.1) is 8.07 Å². The molecule has 0 aromatic rings. The molecule has 0 aromatic heterocycles. The van der Waals surface area contributed by atoms with Crippen LogP contribution in [0.5, 0.6) is 0 Å². The van der Waals surface area contributed by atoms with Crippen molar-refractivity contribution in [2.24, 2.45) is 4.99 Å². The van der Waals surface area contributed by atoms with Gasteiger partial charge in [0.25, 0.3) is 0 Å². The van der Waals surface area contributed by atoms with Crippen LogP contribution < -0.4 is 0 Å². The summed E-state index contributed by atoms with van der Waals surface area (Å²) >= 11 is 0. The molecule has 0 bridgehead atoms. The van der Waals surface area contributed by atoms with E-state index >= 15 is 0 Å². The van der Waals surface area contributed by atoms with Gasteiger partial charge >= 0.3 is 0 Å². The first-order chi connectivity index (χ1) is 10.7. The maximum Gasteiger partial charge on any atom is 0.0571 e. The van der Waals surface area contributed by atoms with E-state index in [2.05, 4.69) is 44.6 Å². The molecule has 0 N–H and O–H groups in total. The predicted molar refractivity (Wildman–Crippen MR) is 107 cm³/mol. The van der Waals surface area contributed by atoms with Crippen molar-refractivity contribution in [2.75, 3.05) is 6.54 Å². The first-order valence-electron chi connectivity index (χ1n) is 9.83. The molecule has 2 heteroatoms. The van der Waals surface area contributed by atoms with Crippen molar-refractivity contribution in [3.8, 4) is 0 Å². The lowest BCUT2D eigenvalue weighted by Crippen LogP contribution is -2.31. The summed E-state index contributed by atoms with van der Waals surface area (Å²) in [5, 5.41) is 0. The average Bonchev–Trinajstić information content (AvgIpc) is 2.55. The van der Waals surface area contributed by atoms with E-state index in [1.807, 2.05) is 0 Å². The van der Waals surface area contributed by atoms with E-state index in [4.69, 9.17) is 0 Å². The van der Waals surface area contributed by atoms with Gasteiger partial charge in [0.1, 0.15) is 0 Å². The molecular weight excluding hydrogens is 282 g/mol. The van der Waals surface area contributed by atoms with Crippen LogP contribution in [-0.4, -0.2) is 20.8 Å². The highest BCUT2D eigenvalue weighted by molar-refractivity contribution is 6.80. The zero-order valence-corrected chi connectivity index (χ0v) is 16.7. The molecule has 0 fully saturated rings. The van der Waals surface area contributed by atoms with Crippen molar-refractivity contribution < 1.29 is 0 Å². The number of allylic oxidation sites excluding steroid dienone is 1. The predicted octanol–water partition coefficient (Wildman–Crippen LogP) is 7.26. The molecular formula is C20H41NSi. The maximum absolute atomic E-state index is 4.62. The minimum absolute atomic E-state index is 1.04. The van der Waals surface area contributed by atoms with Crippen LogP contribution in [0, 0.1) is 0 Å². The summed E-state index contributed by atoms with van der Waals surface area (Å²) in [6.45, 7) is 12.0. The van der Waals surface area contributed by atoms with Crippen LogP contribution >= 0.6 is 0 Å². The minimum Gasteiger partial charge on any atom is -0.298 e. The highest BCUT2D eigenvalue weighted by atomic mass is 28.3. The van der Waals surface area contributed by atoms with Crippen molar-refractivity contribution in [3.05, 3.63) is 12.7 Å². The SMILES string of the molecule is C=CC[Si](CC)(CC)CCC=NCCCCCCCCCC. The van der Waals surface area contributed by atoms with Crippen molar-refractivity contribution in [3.63, 3.8) is 0 Å². The second kappa shape index (κ2) is 15.5. The number of unbranched alkanes of at least 4 members (excludes halogenated alkanes) is 7. The Bertz CT molecular complexity index is 269. The van der Waals surface area contributed by atoms with Gasteiger partial charge in [-0.15, -0.1) is 6.58 Å². The van der Waals surface area contributed by atoms with E-state index in [0.29, 0.717) is 0 Å². The van der Waals surface area contributed by atoms with E-state index in [1.165, 1.54) is 82.0 Å². The van der Waals surface area contributed by atoms with Crippen molar-refractivity contribution in [2.45, 2.75) is 103 Å². The molecule has 0 rings (SSSR count). The van der Waals surface area contributed by atoms with Gasteiger partial charge in [-0.1, -0.05) is 89.9 Å². The molecule has 0 saturated carbocycles. The fraction of sp³-hybridized carbons (Fsp3) is 0.850. The lowest BCUT2D eigenvalue weighted by atomic mass is 10.1. The summed E-state index contributed by atoms with van der Waals surface area (Å²) in [6, 6.07) is 5.46. The number of nitrogens with zero attached hydrogens (tertiary/aromatic N) is 1. The Morgan fingerprint density at radius 2 is 1.45 bits per heavy atom. The normalized spacial score (nSPS) is 12.1. The molecule has 0 saturated heterocycles. The Kier molecular flexibility index (Phi) is 15.3. The number of hydrogen-bond acceptors (Lipinski definition) is 1. The lowest BCUT2D eigenvalue weighted by Gasteiger charge is -2.27. The molecule has 0 atom stereocenters. The Morgan fingerprint density at radius 3 is 2.00 bits per heavy atom. The van der Waals surface area contributed by atoms with E-state index in [0.717, 1.165) is 6.54 Å². The van der Waals surface area contributed by atoms with Gasteiger partial charge in [-0.25, -0.2) is 0 Å². The molecule has 0 radical (unpaired) electrons. The zero-order chi connectivity index (χ0) is 16.5. The van der Waals surface area contributed by atoms with Gasteiger partial charge in [0, 0.05) is 6.54 Å². The molecule has 0 heterocycles. The second-order valence-electron chi connectivity index (χ2n) is 6.80. The van der Waals surface area contributed by atoms with Crippen LogP contribution in [0.2, 0.25) is 24.2 Å². The molecule has 0 aliphatic heterocycles. The van der Waals surface area contributed by atoms with Gasteiger partial charge < -0.3 is 0 Å². The quantitative estimate of drug-likeness (QED) is 0.123. The summed E-state index contributed by atoms with van der Waals surface area (Å²) in [5.41, 5.74) is 0. The van der Waals surface area contributed by atoms with E-state index in [9.17, 15) is 0 Å². The second-order valence-corrected chi connectivity index (χ2v) is 12.1. The van der Waals surface area contributed by atoms with Crippen molar-refractivity contribution in [1.82, 2.24) is 0 Å². The molecule has 130 valence electrons. The largest absolute Gasteiger partial charge is 0.298 e. The van der Waals surface area contributed by atoms with Crippen LogP contribution in [0.3, 0.4) is 0 Å². The number of aliphatic imine (C=N–C) groups is 1. The molecule has 22 heavy (non-hydrogen) atoms. The average molecular weight is 324 g/mol. The van der Waals surface area contributed by atoms with Crippen LogP contribution in [0.25, 0.3) is 0 Å². The summed E-state index contributed by atoms with van der Waals surface area (Å²) in [5.74, 6) is 0. The highest BCUT2D eigenvalue weighted by Gasteiger charge is 2.25. The van der Waals surface area contributed by atoms with Gasteiger partial charge in [-0.05, 0) is 25.1 Å². The third-order valence-corrected chi connectivity index (χ3v) is 10.7. The molecule has 0 spiro atoms. The minimum atomic E-state index is -1.05. The van der Waals surface area contributed by atoms with Crippen molar-refractivity contribution in [1.29, 1.82) is 0 Å². The summed E-state index contributed by atoms with van der Waals surface area (Å²) in [4.78, 5) is 4.62. The molecule has 1 nitrogen and oxygen atoms in total. The molecule has 0 unspecified atom stereocenters. The van der Waals surface area contributed by atoms with Crippen molar-refractivity contribution >= 4 is 14.3 Å². The van der Waals surface area contributed by atoms with Gasteiger partial charge in [-0.2, -0.15) is 0 Å². The fourth-order valence-corrected chi connectivity index (χ4v) is 6.53. The Morgan fingerprint density at radius 1 is 0.864 bits per heavy atom. The topological polar surface area (TPSA) is 12.4 Å². The molecule has 0 aliphatic rings. The molecule has 0 aliphatic carbocycles. The Hall–Kier alpha value is -0.373. The Balaban J connectivity index is 3.56. The maximum atomic E-state index is 4.62. The summed E-state index contributed by atoms with van der Waals surface area (Å²) in [6.07, 6.45) is 16.6. The smallest absolute Gasteiger partial charge is 0.0571 e. The summed E-state index contributed by atoms with van der Waals surface area (Å²) < 4.78 is 0. The zero-order valence-electron chi connectivity index (χ0n) is 15.7. The van der Waals surface area contributed by atoms with Gasteiger partial charge in [0.2, 0.25) is 0 Å². The molecule has 0 aromatic carbocycles. The van der Waals surface area contributed by atoms with Crippen LogP contribution in [0.1, 0.15) is 78.6 Å². The first kappa shape index (κ1) is 21.6. The third-order valence-electron chi connectivity index (χ3n) is 5.15. The number of hydrogen-bond donors (Lipinski definition) is 0. The number of rotatable bonds is 16. The standard InChI is InChI=1S/C20H41NSi/c1-5-9-10-11-12-13-14-15-17-21-18-16-20-22(7-3,8-4)19-6-2/h6,18H,2,5,7-17,19-20H2,1,3-4H3. The fourth-order valence-electron chi connectivity index (χ4n) is 3.19. The van der Waals surface area contributed by atoms with Crippen LogP contribution in [0.15, 0.2) is 17.6 Å². The van der Waals surface area contributed by atoms with Gasteiger partial charge in [0.15, 0.2) is 0 Å². The van der Waals surface area contributed by atoms with E-state index in [-0.39, 0.29) is 0 Å². The first-order valence-corrected chi connectivity index (χ1v) is 12.7. The third kappa shape index (κ3) is 11.2. The Labute approximate surface area is 141 Å². The monoisotopic (exact) mass is 323 g/mol. The molecule has 0 amide bonds. The summed E-state index contributed by atoms with van der Waals surface area (Å²) in [7, 11) is -1.05. The highest BCUT2D eigenvalue weighted by Crippen LogP contribution is 2.26. The van der Waals surface area contributed by atoms with E-state index in [1.54, 1.807) is 0 Å². The lowest BCUT2D eigenvalue weighted by molar-refractivity contribution is 0.578. The van der Waals surface area contributed by atoms with Gasteiger partial charge in [-0.3, -0.25) is 4.99 Å².